The van der Waals surface area contributed by atoms with Gasteiger partial charge in [0.2, 0.25) is 5.95 Å². The summed E-state index contributed by atoms with van der Waals surface area (Å²) in [7, 11) is 0. The molecule has 0 saturated heterocycles. The normalized spacial score (nSPS) is 30.3. The molecular formula is C32H43F3N6O3. The summed E-state index contributed by atoms with van der Waals surface area (Å²) in [6, 6.07) is 8.46. The maximum atomic E-state index is 12.8. The molecule has 5 atom stereocenters. The van der Waals surface area contributed by atoms with Crippen LogP contribution in [0.15, 0.2) is 30.5 Å². The minimum absolute atomic E-state index is 0.0132. The first-order chi connectivity index (χ1) is 21.0. The summed E-state index contributed by atoms with van der Waals surface area (Å²) in [5.41, 5.74) is -0.302. The monoisotopic (exact) mass is 616 g/mol. The number of para-hydroxylation sites is 1. The van der Waals surface area contributed by atoms with Gasteiger partial charge in [-0.15, -0.1) is 13.2 Å². The number of rotatable bonds is 11. The number of hydrogen-bond donors (Lipinski definition) is 5. The zero-order valence-corrected chi connectivity index (χ0v) is 25.1. The minimum atomic E-state index is -4.80. The van der Waals surface area contributed by atoms with Gasteiger partial charge in [-0.2, -0.15) is 10.2 Å². The number of halogens is 3. The molecule has 0 aliphatic heterocycles. The molecule has 3 aliphatic rings. The topological polar surface area (TPSA) is 135 Å². The van der Waals surface area contributed by atoms with E-state index in [-0.39, 0.29) is 24.8 Å². The van der Waals surface area contributed by atoms with Crippen LogP contribution in [0.1, 0.15) is 69.4 Å². The quantitative estimate of drug-likeness (QED) is 0.230. The second kappa shape index (κ2) is 13.9. The van der Waals surface area contributed by atoms with E-state index in [4.69, 9.17) is 0 Å². The van der Waals surface area contributed by atoms with Crippen molar-refractivity contribution < 1.29 is 28.1 Å². The fourth-order valence-electron chi connectivity index (χ4n) is 7.63. The number of anilines is 2. The van der Waals surface area contributed by atoms with Crippen molar-refractivity contribution in [1.82, 2.24) is 15.3 Å². The maximum absolute atomic E-state index is 12.8. The highest BCUT2D eigenvalue weighted by Gasteiger charge is 2.41. The first-order valence-electron chi connectivity index (χ1n) is 15.7. The molecular weight excluding hydrogens is 573 g/mol. The lowest BCUT2D eigenvalue weighted by atomic mass is 9.62. The van der Waals surface area contributed by atoms with Crippen molar-refractivity contribution in [3.8, 4) is 11.8 Å². The number of aromatic nitrogens is 2. The highest BCUT2D eigenvalue weighted by atomic mass is 19.4. The summed E-state index contributed by atoms with van der Waals surface area (Å²) in [5, 5.41) is 39.7. The average molecular weight is 617 g/mol. The van der Waals surface area contributed by atoms with E-state index in [0.717, 1.165) is 32.2 Å². The first kappa shape index (κ1) is 32.3. The Morgan fingerprint density at radius 1 is 1.07 bits per heavy atom. The van der Waals surface area contributed by atoms with E-state index in [1.807, 2.05) is 0 Å². The third-order valence-corrected chi connectivity index (χ3v) is 9.84. The van der Waals surface area contributed by atoms with Gasteiger partial charge in [-0.3, -0.25) is 0 Å². The molecule has 0 spiro atoms. The number of fused-ring (bicyclic) bond motifs is 2. The van der Waals surface area contributed by atoms with Crippen LogP contribution < -0.4 is 20.7 Å². The van der Waals surface area contributed by atoms with Gasteiger partial charge in [0.25, 0.3) is 0 Å². The van der Waals surface area contributed by atoms with Crippen LogP contribution in [-0.2, 0) is 6.54 Å². The Morgan fingerprint density at radius 2 is 1.84 bits per heavy atom. The van der Waals surface area contributed by atoms with Gasteiger partial charge in [0, 0.05) is 24.7 Å². The second-order valence-corrected chi connectivity index (χ2v) is 13.1. The largest absolute Gasteiger partial charge is 0.573 e. The lowest BCUT2D eigenvalue weighted by Crippen LogP contribution is -2.51. The number of aliphatic hydroxyl groups is 2. The molecule has 1 aromatic heterocycles. The molecule has 1 heterocycles. The molecule has 1 aromatic carbocycles. The third-order valence-electron chi connectivity index (χ3n) is 9.84. The standard InChI is InChI=1S/C32H43F3N6O3/c1-20-10-22-11-23(13-25(12-22)28(20)37-15-21-6-8-31(43,19-42)9-7-21)16-38-29-26(14-36)18-40-30(41-29)39-17-24-4-2-3-5-27(24)44-32(33,34)35/h2-5,18,20-23,25,28,37,42-43H,6-13,15-17,19H2,1H3,(H2,38,39,40,41)/t20-,21?,22?,23-,25-,28+,31?/m1/s1. The third kappa shape index (κ3) is 8.31. The molecule has 5 rings (SSSR count). The van der Waals surface area contributed by atoms with E-state index < -0.39 is 12.0 Å². The Bertz CT molecular complexity index is 1290. The number of ether oxygens (including phenoxy) is 1. The molecule has 0 amide bonds. The van der Waals surface area contributed by atoms with Crippen molar-refractivity contribution >= 4 is 11.8 Å². The number of benzene rings is 1. The fraction of sp³-hybridized carbons (Fsp3) is 0.656. The fourth-order valence-corrected chi connectivity index (χ4v) is 7.63. The van der Waals surface area contributed by atoms with E-state index in [0.29, 0.717) is 72.0 Å². The molecule has 44 heavy (non-hydrogen) atoms. The molecule has 1 unspecified atom stereocenters. The number of nitrogens with zero attached hydrogens (tertiary/aromatic N) is 3. The van der Waals surface area contributed by atoms with Crippen LogP contribution in [0.5, 0.6) is 5.75 Å². The van der Waals surface area contributed by atoms with E-state index >= 15 is 0 Å². The number of hydrogen-bond acceptors (Lipinski definition) is 9. The summed E-state index contributed by atoms with van der Waals surface area (Å²) >= 11 is 0. The van der Waals surface area contributed by atoms with Crippen molar-refractivity contribution in [1.29, 1.82) is 5.26 Å². The SMILES string of the molecule is C[C@@H]1CC2C[C@@H](CNc3nc(NCc4ccccc4OC(F)(F)F)ncc3C#N)C[C@@H](C2)[C@H]1NCC1CCC(O)(CO)CC1. The Labute approximate surface area is 256 Å². The number of alkyl halides is 3. The van der Waals surface area contributed by atoms with Gasteiger partial charge in [-0.1, -0.05) is 25.1 Å². The smallest absolute Gasteiger partial charge is 0.405 e. The minimum Gasteiger partial charge on any atom is -0.405 e. The van der Waals surface area contributed by atoms with Crippen LogP contribution in [-0.4, -0.2) is 57.9 Å². The number of nitriles is 1. The second-order valence-electron chi connectivity index (χ2n) is 13.1. The van der Waals surface area contributed by atoms with Gasteiger partial charge >= 0.3 is 6.36 Å². The molecule has 3 fully saturated rings. The molecule has 2 aromatic rings. The highest BCUT2D eigenvalue weighted by Crippen LogP contribution is 2.45. The van der Waals surface area contributed by atoms with E-state index in [9.17, 15) is 28.6 Å². The maximum Gasteiger partial charge on any atom is 0.573 e. The summed E-state index contributed by atoms with van der Waals surface area (Å²) < 4.78 is 42.5. The van der Waals surface area contributed by atoms with E-state index in [2.05, 4.69) is 43.6 Å². The summed E-state index contributed by atoms with van der Waals surface area (Å²) in [6.07, 6.45) is 4.38. The zero-order valence-electron chi connectivity index (χ0n) is 25.1. The van der Waals surface area contributed by atoms with Crippen LogP contribution in [0.4, 0.5) is 24.9 Å². The van der Waals surface area contributed by atoms with Gasteiger partial charge in [0.05, 0.1) is 18.4 Å². The molecule has 2 bridgehead atoms. The molecule has 0 radical (unpaired) electrons. The van der Waals surface area contributed by atoms with Crippen LogP contribution in [0.2, 0.25) is 0 Å². The van der Waals surface area contributed by atoms with Crippen molar-refractivity contribution in [2.75, 3.05) is 30.3 Å². The molecule has 12 heteroatoms. The summed E-state index contributed by atoms with van der Waals surface area (Å²) in [5.74, 6) is 3.09. The van der Waals surface area contributed by atoms with Crippen LogP contribution >= 0.6 is 0 Å². The van der Waals surface area contributed by atoms with Gasteiger partial charge in [0.1, 0.15) is 23.2 Å². The van der Waals surface area contributed by atoms with E-state index in [1.54, 1.807) is 6.07 Å². The first-order valence-corrected chi connectivity index (χ1v) is 15.7. The Morgan fingerprint density at radius 3 is 2.57 bits per heavy atom. The highest BCUT2D eigenvalue weighted by molar-refractivity contribution is 5.53. The van der Waals surface area contributed by atoms with Gasteiger partial charge < -0.3 is 30.9 Å². The molecule has 9 nitrogen and oxygen atoms in total. The predicted molar refractivity (Wildman–Crippen MR) is 160 cm³/mol. The van der Waals surface area contributed by atoms with Gasteiger partial charge in [-0.25, -0.2) is 4.98 Å². The van der Waals surface area contributed by atoms with Crippen LogP contribution in [0.3, 0.4) is 0 Å². The average Bonchev–Trinajstić information content (AvgIpc) is 2.99. The molecule has 5 N–H and O–H groups in total. The van der Waals surface area contributed by atoms with Crippen molar-refractivity contribution in [2.45, 2.75) is 82.8 Å². The Hall–Kier alpha value is -3.14. The number of aliphatic hydroxyl groups excluding tert-OH is 1. The molecule has 3 aliphatic carbocycles. The molecule has 240 valence electrons. The van der Waals surface area contributed by atoms with Crippen molar-refractivity contribution in [3.63, 3.8) is 0 Å². The zero-order chi connectivity index (χ0) is 31.3. The van der Waals surface area contributed by atoms with E-state index in [1.165, 1.54) is 37.2 Å². The van der Waals surface area contributed by atoms with Crippen LogP contribution in [0.25, 0.3) is 0 Å². The summed E-state index contributed by atoms with van der Waals surface area (Å²) in [4.78, 5) is 8.66. The van der Waals surface area contributed by atoms with Crippen molar-refractivity contribution in [3.05, 3.63) is 41.6 Å². The molecule has 3 saturated carbocycles. The van der Waals surface area contributed by atoms with Gasteiger partial charge in [0.15, 0.2) is 0 Å². The van der Waals surface area contributed by atoms with Crippen molar-refractivity contribution in [2.24, 2.45) is 29.6 Å². The lowest BCUT2D eigenvalue weighted by Gasteiger charge is -2.48. The predicted octanol–water partition coefficient (Wildman–Crippen LogP) is 5.21. The van der Waals surface area contributed by atoms with Gasteiger partial charge in [-0.05, 0) is 93.6 Å². The number of nitrogens with one attached hydrogen (secondary N) is 3. The van der Waals surface area contributed by atoms with Crippen LogP contribution in [0, 0.1) is 40.9 Å². The lowest BCUT2D eigenvalue weighted by molar-refractivity contribution is -0.274. The Balaban J connectivity index is 1.16. The summed E-state index contributed by atoms with van der Waals surface area (Å²) in [6.45, 7) is 3.81. The Kier molecular flexibility index (Phi) is 10.2.